The minimum absolute atomic E-state index is 0.183. The van der Waals surface area contributed by atoms with Crippen molar-refractivity contribution < 1.29 is 24.2 Å². The van der Waals surface area contributed by atoms with Gasteiger partial charge in [-0.2, -0.15) is 0 Å². The largest absolute Gasteiger partial charge is 0.481 e. The summed E-state index contributed by atoms with van der Waals surface area (Å²) in [4.78, 5) is 24.5. The summed E-state index contributed by atoms with van der Waals surface area (Å²) in [6.45, 7) is 6.12. The van der Waals surface area contributed by atoms with Gasteiger partial charge < -0.3 is 19.5 Å². The first-order chi connectivity index (χ1) is 8.26. The average molecular weight is 257 g/mol. The van der Waals surface area contributed by atoms with Gasteiger partial charge in [0, 0.05) is 0 Å². The standard InChI is InChI=1S/C12H19NO5/c1-12(2,3)18-11(16)13-5-7-4-8(10(14)15)9(6-13)17-7/h7-9H,4-6H2,1-3H3,(H,14,15)/t7-,8+,9-/m0/s1. The third-order valence-corrected chi connectivity index (χ3v) is 3.13. The number of morpholine rings is 1. The van der Waals surface area contributed by atoms with Crippen LogP contribution in [0.15, 0.2) is 0 Å². The lowest BCUT2D eigenvalue weighted by molar-refractivity contribution is -0.144. The molecule has 0 spiro atoms. The van der Waals surface area contributed by atoms with Crippen molar-refractivity contribution in [2.24, 2.45) is 5.92 Å². The molecule has 2 rings (SSSR count). The zero-order chi connectivity index (χ0) is 13.5. The van der Waals surface area contributed by atoms with Crippen LogP contribution in [0.25, 0.3) is 0 Å². The maximum absolute atomic E-state index is 11.9. The molecule has 2 saturated heterocycles. The average Bonchev–Trinajstić information content (AvgIpc) is 2.51. The minimum atomic E-state index is -0.853. The number of aliphatic carboxylic acids is 1. The number of rotatable bonds is 1. The summed E-state index contributed by atoms with van der Waals surface area (Å²) in [6.07, 6.45) is -0.516. The zero-order valence-electron chi connectivity index (χ0n) is 10.9. The number of carbonyl (C=O) groups excluding carboxylic acids is 1. The van der Waals surface area contributed by atoms with E-state index in [0.29, 0.717) is 19.5 Å². The highest BCUT2D eigenvalue weighted by molar-refractivity contribution is 5.72. The number of likely N-dealkylation sites (tertiary alicyclic amines) is 1. The molecule has 0 aromatic heterocycles. The van der Waals surface area contributed by atoms with Gasteiger partial charge in [-0.25, -0.2) is 4.79 Å². The fourth-order valence-electron chi connectivity index (χ4n) is 2.39. The van der Waals surface area contributed by atoms with Gasteiger partial charge in [-0.3, -0.25) is 4.79 Å². The maximum atomic E-state index is 11.9. The summed E-state index contributed by atoms with van der Waals surface area (Å²) < 4.78 is 10.8. The molecule has 1 amide bonds. The molecular formula is C12H19NO5. The Hall–Kier alpha value is -1.30. The first-order valence-electron chi connectivity index (χ1n) is 6.12. The molecule has 2 aliphatic heterocycles. The fraction of sp³-hybridized carbons (Fsp3) is 0.833. The van der Waals surface area contributed by atoms with Crippen LogP contribution in [-0.2, 0) is 14.3 Å². The Balaban J connectivity index is 1.99. The van der Waals surface area contributed by atoms with E-state index in [1.54, 1.807) is 25.7 Å². The van der Waals surface area contributed by atoms with E-state index < -0.39 is 29.7 Å². The van der Waals surface area contributed by atoms with E-state index in [9.17, 15) is 9.59 Å². The van der Waals surface area contributed by atoms with E-state index in [1.165, 1.54) is 0 Å². The number of nitrogens with zero attached hydrogens (tertiary/aromatic N) is 1. The highest BCUT2D eigenvalue weighted by Gasteiger charge is 2.46. The van der Waals surface area contributed by atoms with Gasteiger partial charge in [-0.1, -0.05) is 0 Å². The Morgan fingerprint density at radius 3 is 2.56 bits per heavy atom. The van der Waals surface area contributed by atoms with Crippen molar-refractivity contribution in [2.75, 3.05) is 13.1 Å². The number of carboxylic acid groups (broad SMARTS) is 1. The minimum Gasteiger partial charge on any atom is -0.481 e. The molecule has 0 aliphatic carbocycles. The van der Waals surface area contributed by atoms with Gasteiger partial charge >= 0.3 is 12.1 Å². The molecule has 0 saturated carbocycles. The lowest BCUT2D eigenvalue weighted by Crippen LogP contribution is -2.48. The summed E-state index contributed by atoms with van der Waals surface area (Å²) in [5, 5.41) is 9.06. The zero-order valence-corrected chi connectivity index (χ0v) is 10.9. The highest BCUT2D eigenvalue weighted by atomic mass is 16.6. The predicted octanol–water partition coefficient (Wildman–Crippen LogP) is 1.10. The molecule has 3 atom stereocenters. The SMILES string of the molecule is CC(C)(C)OC(=O)N1C[C@@H]2C[C@@H](C(=O)O)[C@H](C1)O2. The van der Waals surface area contributed by atoms with Crippen LogP contribution in [0.4, 0.5) is 4.79 Å². The van der Waals surface area contributed by atoms with E-state index in [1.807, 2.05) is 0 Å². The lowest BCUT2D eigenvalue weighted by Gasteiger charge is -2.33. The lowest BCUT2D eigenvalue weighted by atomic mass is 10.0. The van der Waals surface area contributed by atoms with Crippen molar-refractivity contribution in [1.82, 2.24) is 4.90 Å². The van der Waals surface area contributed by atoms with E-state index in [0.717, 1.165) is 0 Å². The highest BCUT2D eigenvalue weighted by Crippen LogP contribution is 2.32. The number of carbonyl (C=O) groups is 2. The third-order valence-electron chi connectivity index (χ3n) is 3.13. The molecule has 0 radical (unpaired) electrons. The molecule has 2 heterocycles. The molecule has 102 valence electrons. The van der Waals surface area contributed by atoms with Gasteiger partial charge in [-0.05, 0) is 27.2 Å². The van der Waals surface area contributed by atoms with Crippen molar-refractivity contribution in [3.05, 3.63) is 0 Å². The molecule has 2 fully saturated rings. The number of hydrogen-bond acceptors (Lipinski definition) is 4. The molecule has 1 N–H and O–H groups in total. The van der Waals surface area contributed by atoms with Crippen LogP contribution in [0.2, 0.25) is 0 Å². The van der Waals surface area contributed by atoms with Crippen LogP contribution in [0, 0.1) is 5.92 Å². The van der Waals surface area contributed by atoms with Crippen LogP contribution in [0.5, 0.6) is 0 Å². The number of carboxylic acids is 1. The first-order valence-corrected chi connectivity index (χ1v) is 6.12. The number of fused-ring (bicyclic) bond motifs is 2. The number of hydrogen-bond donors (Lipinski definition) is 1. The van der Waals surface area contributed by atoms with Crippen LogP contribution < -0.4 is 0 Å². The topological polar surface area (TPSA) is 76.1 Å². The molecule has 18 heavy (non-hydrogen) atoms. The summed E-state index contributed by atoms with van der Waals surface area (Å²) in [5.41, 5.74) is -0.541. The Bertz CT molecular complexity index is 362. The Labute approximate surface area is 106 Å². The summed E-state index contributed by atoms with van der Waals surface area (Å²) in [6, 6.07) is 0. The summed E-state index contributed by atoms with van der Waals surface area (Å²) in [5.74, 6) is -1.36. The van der Waals surface area contributed by atoms with Crippen molar-refractivity contribution in [2.45, 2.75) is 45.0 Å². The Kier molecular flexibility index (Phi) is 3.23. The van der Waals surface area contributed by atoms with Crippen molar-refractivity contribution in [3.8, 4) is 0 Å². The molecule has 0 unspecified atom stereocenters. The van der Waals surface area contributed by atoms with E-state index in [-0.39, 0.29) is 6.10 Å². The summed E-state index contributed by atoms with van der Waals surface area (Å²) >= 11 is 0. The summed E-state index contributed by atoms with van der Waals surface area (Å²) in [7, 11) is 0. The van der Waals surface area contributed by atoms with Crippen LogP contribution in [0.3, 0.4) is 0 Å². The van der Waals surface area contributed by atoms with Crippen molar-refractivity contribution >= 4 is 12.1 Å². The molecule has 6 nitrogen and oxygen atoms in total. The van der Waals surface area contributed by atoms with E-state index >= 15 is 0 Å². The second-order valence-corrected chi connectivity index (χ2v) is 5.86. The number of ether oxygens (including phenoxy) is 2. The van der Waals surface area contributed by atoms with Crippen LogP contribution in [-0.4, -0.2) is 53.0 Å². The maximum Gasteiger partial charge on any atom is 0.410 e. The smallest absolute Gasteiger partial charge is 0.410 e. The molecule has 0 aromatic rings. The molecule has 0 aromatic carbocycles. The predicted molar refractivity (Wildman–Crippen MR) is 62.2 cm³/mol. The molecule has 2 aliphatic rings. The Morgan fingerprint density at radius 2 is 2.00 bits per heavy atom. The third kappa shape index (κ3) is 2.75. The van der Waals surface area contributed by atoms with Gasteiger partial charge in [0.1, 0.15) is 5.60 Å². The monoisotopic (exact) mass is 257 g/mol. The second kappa shape index (κ2) is 4.42. The van der Waals surface area contributed by atoms with E-state index in [2.05, 4.69) is 0 Å². The van der Waals surface area contributed by atoms with Gasteiger partial charge in [0.05, 0.1) is 31.2 Å². The van der Waals surface area contributed by atoms with Crippen molar-refractivity contribution in [3.63, 3.8) is 0 Å². The van der Waals surface area contributed by atoms with Gasteiger partial charge in [0.25, 0.3) is 0 Å². The van der Waals surface area contributed by atoms with Gasteiger partial charge in [-0.15, -0.1) is 0 Å². The quantitative estimate of drug-likeness (QED) is 0.761. The van der Waals surface area contributed by atoms with Crippen LogP contribution >= 0.6 is 0 Å². The molecule has 2 bridgehead atoms. The van der Waals surface area contributed by atoms with E-state index in [4.69, 9.17) is 14.6 Å². The van der Waals surface area contributed by atoms with Gasteiger partial charge in [0.2, 0.25) is 0 Å². The normalized spacial score (nSPS) is 31.3. The van der Waals surface area contributed by atoms with Gasteiger partial charge in [0.15, 0.2) is 0 Å². The molecular weight excluding hydrogens is 238 g/mol. The molecule has 6 heteroatoms. The Morgan fingerprint density at radius 1 is 1.33 bits per heavy atom. The van der Waals surface area contributed by atoms with Crippen LogP contribution in [0.1, 0.15) is 27.2 Å². The fourth-order valence-corrected chi connectivity index (χ4v) is 2.39. The second-order valence-electron chi connectivity index (χ2n) is 5.86. The van der Waals surface area contributed by atoms with Crippen molar-refractivity contribution in [1.29, 1.82) is 0 Å². The first kappa shape index (κ1) is 13.1. The number of amides is 1.